The lowest BCUT2D eigenvalue weighted by molar-refractivity contribution is 1.17. The first kappa shape index (κ1) is 32.3. The van der Waals surface area contributed by atoms with E-state index in [0.717, 1.165) is 50.8 Å². The minimum absolute atomic E-state index is 1.06. The summed E-state index contributed by atoms with van der Waals surface area (Å²) in [5, 5.41) is 4.79. The Hall–Kier alpha value is -7.36. The highest BCUT2D eigenvalue weighted by Crippen LogP contribution is 2.48. The summed E-state index contributed by atoms with van der Waals surface area (Å²) in [6.07, 6.45) is 0. The Morgan fingerprint density at radius 3 is 1.49 bits per heavy atom. The highest BCUT2D eigenvalue weighted by atomic mass is 15.2. The lowest BCUT2D eigenvalue weighted by Crippen LogP contribution is -2.14. The summed E-state index contributed by atoms with van der Waals surface area (Å²) >= 11 is 0. The van der Waals surface area contributed by atoms with Gasteiger partial charge < -0.3 is 14.4 Å². The van der Waals surface area contributed by atoms with Crippen molar-refractivity contribution in [2.75, 3.05) is 9.80 Å². The number of hydrogen-bond acceptors (Lipinski definition) is 2. The van der Waals surface area contributed by atoms with Gasteiger partial charge in [-0.05, 0) is 101 Å². The average molecular weight is 704 g/mol. The van der Waals surface area contributed by atoms with Gasteiger partial charge in [0.1, 0.15) is 0 Å². The molecule has 260 valence electrons. The van der Waals surface area contributed by atoms with E-state index in [1.165, 1.54) is 32.7 Å². The first-order valence-corrected chi connectivity index (χ1v) is 18.8. The first-order chi connectivity index (χ1) is 27.3. The maximum atomic E-state index is 2.43. The summed E-state index contributed by atoms with van der Waals surface area (Å²) in [7, 11) is 0. The molecule has 55 heavy (non-hydrogen) atoms. The van der Waals surface area contributed by atoms with Crippen LogP contribution in [0.25, 0.3) is 49.4 Å². The Morgan fingerprint density at radius 2 is 0.836 bits per heavy atom. The van der Waals surface area contributed by atoms with Gasteiger partial charge in [-0.1, -0.05) is 146 Å². The van der Waals surface area contributed by atoms with Gasteiger partial charge >= 0.3 is 0 Å². The van der Waals surface area contributed by atoms with Gasteiger partial charge in [-0.25, -0.2) is 0 Å². The third kappa shape index (κ3) is 5.89. The zero-order valence-corrected chi connectivity index (χ0v) is 30.2. The molecule has 9 aromatic carbocycles. The van der Waals surface area contributed by atoms with Gasteiger partial charge in [0.25, 0.3) is 0 Å². The van der Waals surface area contributed by atoms with Gasteiger partial charge in [-0.2, -0.15) is 0 Å². The molecule has 0 bridgehead atoms. The van der Waals surface area contributed by atoms with Gasteiger partial charge in [-0.15, -0.1) is 0 Å². The monoisotopic (exact) mass is 703 g/mol. The van der Waals surface area contributed by atoms with Crippen LogP contribution in [0.4, 0.5) is 34.1 Å². The summed E-state index contributed by atoms with van der Waals surface area (Å²) in [5.41, 5.74) is 12.3. The van der Waals surface area contributed by atoms with E-state index in [1.807, 2.05) is 0 Å². The van der Waals surface area contributed by atoms with Crippen molar-refractivity contribution in [1.82, 2.24) is 4.57 Å². The molecule has 1 aromatic heterocycles. The number of para-hydroxylation sites is 4. The second-order valence-corrected chi connectivity index (χ2v) is 13.8. The second-order valence-electron chi connectivity index (χ2n) is 13.8. The molecule has 0 spiro atoms. The highest BCUT2D eigenvalue weighted by molar-refractivity contribution is 6.18. The Morgan fingerprint density at radius 1 is 0.309 bits per heavy atom. The smallest absolute Gasteiger partial charge is 0.0583 e. The van der Waals surface area contributed by atoms with E-state index in [2.05, 4.69) is 239 Å². The fourth-order valence-electron chi connectivity index (χ4n) is 8.00. The van der Waals surface area contributed by atoms with Crippen LogP contribution in [0.5, 0.6) is 0 Å². The number of anilines is 6. The average Bonchev–Trinajstić information content (AvgIpc) is 3.60. The van der Waals surface area contributed by atoms with Gasteiger partial charge in [0.05, 0.1) is 22.4 Å². The van der Waals surface area contributed by atoms with Crippen LogP contribution in [-0.4, -0.2) is 4.57 Å². The van der Waals surface area contributed by atoms with E-state index >= 15 is 0 Å². The van der Waals surface area contributed by atoms with Crippen LogP contribution in [-0.2, 0) is 0 Å². The molecule has 1 heterocycles. The van der Waals surface area contributed by atoms with Gasteiger partial charge in [0.2, 0.25) is 0 Å². The first-order valence-electron chi connectivity index (χ1n) is 18.8. The molecule has 0 saturated heterocycles. The molecule has 0 aliphatic rings. The molecule has 10 aromatic rings. The number of aromatic nitrogens is 1. The lowest BCUT2D eigenvalue weighted by Gasteiger charge is -2.30. The Bertz CT molecular complexity index is 2860. The lowest BCUT2D eigenvalue weighted by atomic mass is 10.0. The zero-order chi connectivity index (χ0) is 36.6. The molecule has 0 N–H and O–H groups in total. The van der Waals surface area contributed by atoms with Crippen molar-refractivity contribution < 1.29 is 0 Å². The van der Waals surface area contributed by atoms with Crippen LogP contribution in [0.1, 0.15) is 0 Å². The Labute approximate surface area is 321 Å². The molecule has 3 nitrogen and oxygen atoms in total. The predicted molar refractivity (Wildman–Crippen MR) is 233 cm³/mol. The summed E-state index contributed by atoms with van der Waals surface area (Å²) in [5.74, 6) is 0. The van der Waals surface area contributed by atoms with Gasteiger partial charge in [0, 0.05) is 39.2 Å². The maximum absolute atomic E-state index is 2.43. The van der Waals surface area contributed by atoms with Crippen LogP contribution < -0.4 is 9.80 Å². The van der Waals surface area contributed by atoms with E-state index in [-0.39, 0.29) is 0 Å². The molecule has 10 rings (SSSR count). The molecule has 3 heteroatoms. The van der Waals surface area contributed by atoms with Crippen molar-refractivity contribution in [2.45, 2.75) is 0 Å². The van der Waals surface area contributed by atoms with Crippen LogP contribution in [0.2, 0.25) is 0 Å². The molecular weight excluding hydrogens is 667 g/mol. The minimum Gasteiger partial charge on any atom is -0.310 e. The normalized spacial score (nSPS) is 11.3. The fourth-order valence-corrected chi connectivity index (χ4v) is 8.00. The van der Waals surface area contributed by atoms with Crippen LogP contribution in [0.15, 0.2) is 224 Å². The number of nitrogens with zero attached hydrogens (tertiary/aromatic N) is 3. The van der Waals surface area contributed by atoms with E-state index in [1.54, 1.807) is 0 Å². The van der Waals surface area contributed by atoms with Crippen LogP contribution in [0, 0.1) is 0 Å². The molecule has 0 unspecified atom stereocenters. The molecule has 0 amide bonds. The standard InChI is InChI=1S/C52H37N3/c1-5-17-38(18-6-1)40-29-32-45(33-30-40)55-49-28-16-15-27-48(49)52-50(54(44-25-11-4-12-26-44)46-34-31-39-19-13-14-20-41(39)35-46)36-47(37-51(52)55)53(42-21-7-2-8-22-42)43-23-9-3-10-24-43/h1-37H. The van der Waals surface area contributed by atoms with E-state index in [4.69, 9.17) is 0 Å². The quantitative estimate of drug-likeness (QED) is 0.156. The Balaban J connectivity index is 1.31. The summed E-state index contributed by atoms with van der Waals surface area (Å²) < 4.78 is 2.43. The van der Waals surface area contributed by atoms with E-state index < -0.39 is 0 Å². The molecule has 0 radical (unpaired) electrons. The molecular formula is C52H37N3. The molecule has 0 fully saturated rings. The summed E-state index contributed by atoms with van der Waals surface area (Å²) in [6, 6.07) is 80.7. The fraction of sp³-hybridized carbons (Fsp3) is 0. The van der Waals surface area contributed by atoms with Crippen LogP contribution >= 0.6 is 0 Å². The molecule has 0 aliphatic heterocycles. The second kappa shape index (κ2) is 13.9. The molecule has 0 saturated carbocycles. The largest absolute Gasteiger partial charge is 0.310 e. The van der Waals surface area contributed by atoms with Crippen LogP contribution in [0.3, 0.4) is 0 Å². The summed E-state index contributed by atoms with van der Waals surface area (Å²) in [6.45, 7) is 0. The third-order valence-corrected chi connectivity index (χ3v) is 10.5. The van der Waals surface area contributed by atoms with Gasteiger partial charge in [-0.3, -0.25) is 0 Å². The topological polar surface area (TPSA) is 11.4 Å². The number of fused-ring (bicyclic) bond motifs is 4. The number of benzene rings is 9. The van der Waals surface area contributed by atoms with Crippen molar-refractivity contribution in [3.63, 3.8) is 0 Å². The SMILES string of the molecule is c1ccc(-c2ccc(-n3c4ccccc4c4c(N(c5ccccc5)c5ccc6ccccc6c5)cc(N(c5ccccc5)c5ccccc5)cc43)cc2)cc1. The molecule has 0 aliphatic carbocycles. The van der Waals surface area contributed by atoms with Crippen molar-refractivity contribution in [2.24, 2.45) is 0 Å². The number of hydrogen-bond donors (Lipinski definition) is 0. The predicted octanol–water partition coefficient (Wildman–Crippen LogP) is 14.5. The number of rotatable bonds is 8. The van der Waals surface area contributed by atoms with E-state index in [0.29, 0.717) is 0 Å². The van der Waals surface area contributed by atoms with E-state index in [9.17, 15) is 0 Å². The Kier molecular flexibility index (Phi) is 8.16. The van der Waals surface area contributed by atoms with Crippen molar-refractivity contribution >= 4 is 66.7 Å². The maximum Gasteiger partial charge on any atom is 0.0583 e. The molecule has 0 atom stereocenters. The van der Waals surface area contributed by atoms with Gasteiger partial charge in [0.15, 0.2) is 0 Å². The van der Waals surface area contributed by atoms with Crippen molar-refractivity contribution in [3.05, 3.63) is 224 Å². The third-order valence-electron chi connectivity index (χ3n) is 10.5. The zero-order valence-electron chi connectivity index (χ0n) is 30.2. The van der Waals surface area contributed by atoms with Crippen molar-refractivity contribution in [3.8, 4) is 16.8 Å². The summed E-state index contributed by atoms with van der Waals surface area (Å²) in [4.78, 5) is 4.80. The minimum atomic E-state index is 1.06. The van der Waals surface area contributed by atoms with Crippen molar-refractivity contribution in [1.29, 1.82) is 0 Å². The highest BCUT2D eigenvalue weighted by Gasteiger charge is 2.25.